The minimum atomic E-state index is -0.331. The van der Waals surface area contributed by atoms with Gasteiger partial charge in [-0.25, -0.2) is 4.39 Å². The fraction of sp³-hybridized carbons (Fsp3) is 0.429. The van der Waals surface area contributed by atoms with E-state index in [1.807, 2.05) is 0 Å². The SMILES string of the molecule is COc1ccc(C#CCN2CCNCC2)c(F)c1. The van der Waals surface area contributed by atoms with E-state index in [0.717, 1.165) is 26.2 Å². The van der Waals surface area contributed by atoms with Crippen LogP contribution < -0.4 is 10.1 Å². The van der Waals surface area contributed by atoms with Crippen LogP contribution in [-0.2, 0) is 0 Å². The van der Waals surface area contributed by atoms with E-state index in [-0.39, 0.29) is 5.82 Å². The molecule has 0 aliphatic carbocycles. The van der Waals surface area contributed by atoms with Gasteiger partial charge < -0.3 is 10.1 Å². The van der Waals surface area contributed by atoms with Crippen LogP contribution in [0.3, 0.4) is 0 Å². The first kappa shape index (κ1) is 12.9. The lowest BCUT2D eigenvalue weighted by Gasteiger charge is -2.24. The molecule has 0 aromatic heterocycles. The number of methoxy groups -OCH3 is 1. The molecule has 1 N–H and O–H groups in total. The Labute approximate surface area is 107 Å². The largest absolute Gasteiger partial charge is 0.497 e. The Balaban J connectivity index is 1.96. The zero-order chi connectivity index (χ0) is 12.8. The van der Waals surface area contributed by atoms with Crippen molar-refractivity contribution >= 4 is 0 Å². The number of rotatable bonds is 2. The zero-order valence-electron chi connectivity index (χ0n) is 10.5. The molecule has 18 heavy (non-hydrogen) atoms. The summed E-state index contributed by atoms with van der Waals surface area (Å²) in [6.45, 7) is 4.68. The van der Waals surface area contributed by atoms with Gasteiger partial charge in [0, 0.05) is 32.2 Å². The van der Waals surface area contributed by atoms with Gasteiger partial charge in [0.15, 0.2) is 0 Å². The third kappa shape index (κ3) is 3.46. The molecule has 2 rings (SSSR count). The van der Waals surface area contributed by atoms with Crippen LogP contribution >= 0.6 is 0 Å². The molecule has 0 unspecified atom stereocenters. The van der Waals surface area contributed by atoms with E-state index in [1.165, 1.54) is 13.2 Å². The normalized spacial score (nSPS) is 15.9. The minimum absolute atomic E-state index is 0.331. The maximum Gasteiger partial charge on any atom is 0.142 e. The number of halogens is 1. The summed E-state index contributed by atoms with van der Waals surface area (Å²) >= 11 is 0. The number of hydrogen-bond acceptors (Lipinski definition) is 3. The molecule has 1 heterocycles. The molecule has 1 fully saturated rings. The lowest BCUT2D eigenvalue weighted by molar-refractivity contribution is 0.268. The minimum Gasteiger partial charge on any atom is -0.497 e. The standard InChI is InChI=1S/C14H17FN2O/c1-18-13-5-4-12(14(15)11-13)3-2-8-17-9-6-16-7-10-17/h4-5,11,16H,6-10H2,1H3. The molecule has 0 spiro atoms. The summed E-state index contributed by atoms with van der Waals surface area (Å²) in [7, 11) is 1.52. The molecule has 0 atom stereocenters. The van der Waals surface area contributed by atoms with Crippen molar-refractivity contribution in [3.05, 3.63) is 29.6 Å². The predicted molar refractivity (Wildman–Crippen MR) is 69.1 cm³/mol. The summed E-state index contributed by atoms with van der Waals surface area (Å²) in [5, 5.41) is 3.28. The molecule has 1 aromatic carbocycles. The molecular weight excluding hydrogens is 231 g/mol. The molecule has 96 valence electrons. The second-order valence-electron chi connectivity index (χ2n) is 4.17. The number of piperazine rings is 1. The van der Waals surface area contributed by atoms with Crippen molar-refractivity contribution < 1.29 is 9.13 Å². The molecule has 1 aliphatic rings. The van der Waals surface area contributed by atoms with Gasteiger partial charge in [-0.3, -0.25) is 4.90 Å². The summed E-state index contributed by atoms with van der Waals surface area (Å²) in [4.78, 5) is 2.25. The summed E-state index contributed by atoms with van der Waals surface area (Å²) in [6.07, 6.45) is 0. The van der Waals surface area contributed by atoms with E-state index in [9.17, 15) is 4.39 Å². The van der Waals surface area contributed by atoms with Gasteiger partial charge in [0.2, 0.25) is 0 Å². The van der Waals surface area contributed by atoms with E-state index in [1.54, 1.807) is 12.1 Å². The Hall–Kier alpha value is -1.57. The molecular formula is C14H17FN2O. The Morgan fingerprint density at radius 3 is 2.83 bits per heavy atom. The van der Waals surface area contributed by atoms with E-state index >= 15 is 0 Å². The molecule has 0 amide bonds. The Kier molecular flexibility index (Phi) is 4.57. The van der Waals surface area contributed by atoms with Crippen molar-refractivity contribution in [2.75, 3.05) is 39.8 Å². The van der Waals surface area contributed by atoms with Gasteiger partial charge in [0.1, 0.15) is 11.6 Å². The van der Waals surface area contributed by atoms with Crippen LogP contribution in [0.25, 0.3) is 0 Å². The Bertz CT molecular complexity index is 459. The monoisotopic (exact) mass is 248 g/mol. The van der Waals surface area contributed by atoms with E-state index in [2.05, 4.69) is 22.1 Å². The van der Waals surface area contributed by atoms with Crippen molar-refractivity contribution in [1.29, 1.82) is 0 Å². The van der Waals surface area contributed by atoms with Crippen LogP contribution in [0.4, 0.5) is 4.39 Å². The van der Waals surface area contributed by atoms with Gasteiger partial charge in [-0.2, -0.15) is 0 Å². The highest BCUT2D eigenvalue weighted by atomic mass is 19.1. The molecule has 1 aliphatic heterocycles. The van der Waals surface area contributed by atoms with Gasteiger partial charge in [-0.1, -0.05) is 11.8 Å². The van der Waals surface area contributed by atoms with Crippen LogP contribution in [0.2, 0.25) is 0 Å². The molecule has 0 bridgehead atoms. The smallest absolute Gasteiger partial charge is 0.142 e. The Morgan fingerprint density at radius 2 is 2.17 bits per heavy atom. The van der Waals surface area contributed by atoms with Gasteiger partial charge in [0.05, 0.1) is 19.2 Å². The second kappa shape index (κ2) is 6.39. The second-order valence-corrected chi connectivity index (χ2v) is 4.17. The molecule has 3 nitrogen and oxygen atoms in total. The highest BCUT2D eigenvalue weighted by Crippen LogP contribution is 2.15. The summed E-state index contributed by atoms with van der Waals surface area (Å²) in [5.41, 5.74) is 0.422. The van der Waals surface area contributed by atoms with Gasteiger partial charge in [0.25, 0.3) is 0 Å². The van der Waals surface area contributed by atoms with E-state index in [0.29, 0.717) is 17.9 Å². The van der Waals surface area contributed by atoms with E-state index in [4.69, 9.17) is 4.74 Å². The lowest BCUT2D eigenvalue weighted by Crippen LogP contribution is -2.43. The van der Waals surface area contributed by atoms with Crippen LogP contribution in [0, 0.1) is 17.7 Å². The first-order chi connectivity index (χ1) is 8.79. The number of ether oxygens (including phenoxy) is 1. The van der Waals surface area contributed by atoms with Crippen molar-refractivity contribution in [1.82, 2.24) is 10.2 Å². The topological polar surface area (TPSA) is 24.5 Å². The first-order valence-electron chi connectivity index (χ1n) is 6.05. The van der Waals surface area contributed by atoms with Crippen molar-refractivity contribution in [2.45, 2.75) is 0 Å². The van der Waals surface area contributed by atoms with Crippen molar-refractivity contribution in [3.63, 3.8) is 0 Å². The summed E-state index contributed by atoms with van der Waals surface area (Å²) in [5.74, 6) is 6.07. The van der Waals surface area contributed by atoms with Crippen molar-refractivity contribution in [2.24, 2.45) is 0 Å². The lowest BCUT2D eigenvalue weighted by atomic mass is 10.2. The third-order valence-electron chi connectivity index (χ3n) is 2.91. The third-order valence-corrected chi connectivity index (χ3v) is 2.91. The van der Waals surface area contributed by atoms with E-state index < -0.39 is 0 Å². The first-order valence-corrected chi connectivity index (χ1v) is 6.05. The van der Waals surface area contributed by atoms with Crippen LogP contribution in [0.1, 0.15) is 5.56 Å². The maximum atomic E-state index is 13.6. The fourth-order valence-corrected chi connectivity index (χ4v) is 1.84. The number of nitrogens with zero attached hydrogens (tertiary/aromatic N) is 1. The van der Waals surface area contributed by atoms with Gasteiger partial charge in [-0.15, -0.1) is 0 Å². The molecule has 0 saturated carbocycles. The number of benzene rings is 1. The number of nitrogens with one attached hydrogen (secondary N) is 1. The molecule has 1 saturated heterocycles. The van der Waals surface area contributed by atoms with Crippen LogP contribution in [0.5, 0.6) is 5.75 Å². The van der Waals surface area contributed by atoms with Crippen molar-refractivity contribution in [3.8, 4) is 17.6 Å². The highest BCUT2D eigenvalue weighted by Gasteiger charge is 2.07. The average Bonchev–Trinajstić information content (AvgIpc) is 2.42. The summed E-state index contributed by atoms with van der Waals surface area (Å²) in [6, 6.07) is 4.73. The molecule has 4 heteroatoms. The summed E-state index contributed by atoms with van der Waals surface area (Å²) < 4.78 is 18.5. The number of hydrogen-bond donors (Lipinski definition) is 1. The Morgan fingerprint density at radius 1 is 1.39 bits per heavy atom. The van der Waals surface area contributed by atoms with Gasteiger partial charge >= 0.3 is 0 Å². The fourth-order valence-electron chi connectivity index (χ4n) is 1.84. The predicted octanol–water partition coefficient (Wildman–Crippen LogP) is 1.09. The quantitative estimate of drug-likeness (QED) is 0.793. The molecule has 0 radical (unpaired) electrons. The maximum absolute atomic E-state index is 13.6. The van der Waals surface area contributed by atoms with Crippen LogP contribution in [-0.4, -0.2) is 44.7 Å². The highest BCUT2D eigenvalue weighted by molar-refractivity contribution is 5.39. The zero-order valence-corrected chi connectivity index (χ0v) is 10.5. The van der Waals surface area contributed by atoms with Crippen LogP contribution in [0.15, 0.2) is 18.2 Å². The average molecular weight is 248 g/mol. The van der Waals surface area contributed by atoms with Gasteiger partial charge in [-0.05, 0) is 12.1 Å². The molecule has 1 aromatic rings.